The fourth-order valence-electron chi connectivity index (χ4n) is 2.21. The molecule has 0 N–H and O–H groups in total. The Kier molecular flexibility index (Phi) is 5.73. The molecule has 3 nitrogen and oxygen atoms in total. The Morgan fingerprint density at radius 1 is 1.15 bits per heavy atom. The van der Waals surface area contributed by atoms with Crippen LogP contribution in [0.2, 0.25) is 0 Å². The molecular formula is C17H20BF5O3. The van der Waals surface area contributed by atoms with E-state index in [9.17, 15) is 22.0 Å². The van der Waals surface area contributed by atoms with Crippen molar-refractivity contribution in [1.29, 1.82) is 0 Å². The second-order valence-electron chi connectivity index (χ2n) is 7.01. The van der Waals surface area contributed by atoms with Gasteiger partial charge in [-0.25, -0.2) is 8.78 Å². The van der Waals surface area contributed by atoms with Crippen LogP contribution in [0.1, 0.15) is 39.7 Å². The first-order chi connectivity index (χ1) is 11.8. The second-order valence-corrected chi connectivity index (χ2v) is 7.01. The van der Waals surface area contributed by atoms with Crippen LogP contribution in [0.15, 0.2) is 23.9 Å². The number of alkyl halides is 3. The normalized spacial score (nSPS) is 19.7. The molecule has 1 fully saturated rings. The fraction of sp³-hybridized carbons (Fsp3) is 0.529. The topological polar surface area (TPSA) is 27.7 Å². The molecule has 0 bridgehead atoms. The van der Waals surface area contributed by atoms with Crippen LogP contribution in [-0.2, 0) is 9.31 Å². The molecule has 1 aromatic carbocycles. The zero-order valence-electron chi connectivity index (χ0n) is 14.9. The van der Waals surface area contributed by atoms with Gasteiger partial charge >= 0.3 is 13.3 Å². The van der Waals surface area contributed by atoms with Gasteiger partial charge in [0.15, 0.2) is 0 Å². The van der Waals surface area contributed by atoms with Gasteiger partial charge in [-0.3, -0.25) is 0 Å². The van der Waals surface area contributed by atoms with E-state index in [1.165, 1.54) is 0 Å². The second kappa shape index (κ2) is 7.19. The number of halogens is 5. The first-order valence-corrected chi connectivity index (χ1v) is 8.02. The summed E-state index contributed by atoms with van der Waals surface area (Å²) in [5.74, 6) is -0.747. The van der Waals surface area contributed by atoms with Gasteiger partial charge in [0.25, 0.3) is 0 Å². The predicted molar refractivity (Wildman–Crippen MR) is 87.7 cm³/mol. The van der Waals surface area contributed by atoms with Gasteiger partial charge in [-0.2, -0.15) is 13.2 Å². The third kappa shape index (κ3) is 4.97. The van der Waals surface area contributed by atoms with Crippen LogP contribution in [0.5, 0.6) is 5.75 Å². The molecule has 144 valence electrons. The average Bonchev–Trinajstić information content (AvgIpc) is 2.68. The minimum atomic E-state index is -4.38. The maximum Gasteiger partial charge on any atom is 0.525 e. The molecule has 0 radical (unpaired) electrons. The summed E-state index contributed by atoms with van der Waals surface area (Å²) >= 11 is 0. The molecule has 0 aromatic heterocycles. The molecule has 0 saturated carbocycles. The first kappa shape index (κ1) is 20.7. The fourth-order valence-corrected chi connectivity index (χ4v) is 2.21. The van der Waals surface area contributed by atoms with Crippen LogP contribution in [0, 0.1) is 5.82 Å². The molecule has 0 unspecified atom stereocenters. The Labute approximate surface area is 149 Å². The zero-order valence-corrected chi connectivity index (χ0v) is 14.9. The highest BCUT2D eigenvalue weighted by molar-refractivity contribution is 6.54. The van der Waals surface area contributed by atoms with Crippen molar-refractivity contribution in [3.63, 3.8) is 0 Å². The Morgan fingerprint density at radius 3 is 2.27 bits per heavy atom. The lowest BCUT2D eigenvalue weighted by atomic mass is 9.86. The van der Waals surface area contributed by atoms with Crippen molar-refractivity contribution in [2.45, 2.75) is 51.5 Å². The maximum atomic E-state index is 14.6. The van der Waals surface area contributed by atoms with Crippen molar-refractivity contribution in [3.8, 4) is 5.75 Å². The van der Waals surface area contributed by atoms with Crippen molar-refractivity contribution in [3.05, 3.63) is 35.3 Å². The molecule has 1 aliphatic heterocycles. The first-order valence-electron chi connectivity index (χ1n) is 8.02. The van der Waals surface area contributed by atoms with Crippen molar-refractivity contribution in [1.82, 2.24) is 0 Å². The molecule has 1 heterocycles. The van der Waals surface area contributed by atoms with Crippen LogP contribution < -0.4 is 4.74 Å². The lowest BCUT2D eigenvalue weighted by Crippen LogP contribution is -2.41. The molecular weight excluding hydrogens is 358 g/mol. The highest BCUT2D eigenvalue weighted by Gasteiger charge is 2.53. The third-order valence-electron chi connectivity index (χ3n) is 4.39. The highest BCUT2D eigenvalue weighted by Crippen LogP contribution is 2.39. The van der Waals surface area contributed by atoms with Crippen LogP contribution in [0.3, 0.4) is 0 Å². The molecule has 2 rings (SSSR count). The number of hydrogen-bond donors (Lipinski definition) is 0. The van der Waals surface area contributed by atoms with Crippen molar-refractivity contribution in [2.75, 3.05) is 6.61 Å². The smallest absolute Gasteiger partial charge is 0.493 e. The largest absolute Gasteiger partial charge is 0.525 e. The van der Waals surface area contributed by atoms with E-state index in [0.717, 1.165) is 24.3 Å². The summed E-state index contributed by atoms with van der Waals surface area (Å²) in [5.41, 5.74) is -2.41. The van der Waals surface area contributed by atoms with Crippen molar-refractivity contribution < 1.29 is 36.0 Å². The van der Waals surface area contributed by atoms with E-state index < -0.39 is 49.1 Å². The van der Waals surface area contributed by atoms with E-state index in [-0.39, 0.29) is 11.3 Å². The lowest BCUT2D eigenvalue weighted by molar-refractivity contribution is -0.139. The molecule has 0 spiro atoms. The molecule has 26 heavy (non-hydrogen) atoms. The lowest BCUT2D eigenvalue weighted by Gasteiger charge is -2.32. The minimum absolute atomic E-state index is 0.0422. The van der Waals surface area contributed by atoms with E-state index in [4.69, 9.17) is 14.0 Å². The Hall–Kier alpha value is -1.61. The third-order valence-corrected chi connectivity index (χ3v) is 4.39. The van der Waals surface area contributed by atoms with Gasteiger partial charge in [-0.05, 0) is 52.0 Å². The summed E-state index contributed by atoms with van der Waals surface area (Å²) in [6.45, 7) is 6.32. The average molecular weight is 378 g/mol. The summed E-state index contributed by atoms with van der Waals surface area (Å²) in [6, 6.07) is 3.13. The summed E-state index contributed by atoms with van der Waals surface area (Å²) < 4.78 is 80.9. The van der Waals surface area contributed by atoms with E-state index in [1.54, 1.807) is 27.7 Å². The summed E-state index contributed by atoms with van der Waals surface area (Å²) in [5, 5.41) is 0. The zero-order chi connectivity index (χ0) is 19.8. The van der Waals surface area contributed by atoms with Crippen molar-refractivity contribution >= 4 is 13.2 Å². The van der Waals surface area contributed by atoms with Gasteiger partial charge in [0.2, 0.25) is 0 Å². The molecule has 9 heteroatoms. The number of benzene rings is 1. The molecule has 1 saturated heterocycles. The molecule has 0 amide bonds. The monoisotopic (exact) mass is 378 g/mol. The van der Waals surface area contributed by atoms with Gasteiger partial charge in [-0.15, -0.1) is 0 Å². The van der Waals surface area contributed by atoms with Crippen LogP contribution in [-0.4, -0.2) is 31.1 Å². The van der Waals surface area contributed by atoms with Gasteiger partial charge in [-0.1, -0.05) is 0 Å². The van der Waals surface area contributed by atoms with Gasteiger partial charge in [0, 0.05) is 5.56 Å². The van der Waals surface area contributed by atoms with Gasteiger partial charge in [0.1, 0.15) is 17.3 Å². The Morgan fingerprint density at radius 2 is 1.73 bits per heavy atom. The SMILES string of the molecule is CC1(C)OB(C(F)=Cc2cc(F)ccc2OCCC(F)(F)F)OC1(C)C. The molecule has 1 aromatic rings. The van der Waals surface area contributed by atoms with Crippen molar-refractivity contribution in [2.24, 2.45) is 0 Å². The molecule has 1 aliphatic rings. The number of hydrogen-bond acceptors (Lipinski definition) is 3. The van der Waals surface area contributed by atoms with Crippen LogP contribution >= 0.6 is 0 Å². The molecule has 0 atom stereocenters. The number of ether oxygens (including phenoxy) is 1. The molecule has 0 aliphatic carbocycles. The Bertz CT molecular complexity index is 669. The maximum absolute atomic E-state index is 14.6. The minimum Gasteiger partial charge on any atom is -0.493 e. The summed E-state index contributed by atoms with van der Waals surface area (Å²) in [6.07, 6.45) is -4.62. The van der Waals surface area contributed by atoms with E-state index >= 15 is 0 Å². The number of rotatable bonds is 5. The van der Waals surface area contributed by atoms with Gasteiger partial charge in [0.05, 0.1) is 24.2 Å². The predicted octanol–water partition coefficient (Wildman–Crippen LogP) is 5.10. The van der Waals surface area contributed by atoms with Crippen LogP contribution in [0.25, 0.3) is 6.08 Å². The summed E-state index contributed by atoms with van der Waals surface area (Å²) in [4.78, 5) is 0. The highest BCUT2D eigenvalue weighted by atomic mass is 19.4. The standard InChI is InChI=1S/C17H20BF5O3/c1-15(2)16(3,4)26-18(25-15)14(20)10-11-9-12(19)5-6-13(11)24-8-7-17(21,22)23/h5-6,9-10H,7-8H2,1-4H3. The quantitative estimate of drug-likeness (QED) is 0.527. The summed E-state index contributed by atoms with van der Waals surface area (Å²) in [7, 11) is -1.30. The van der Waals surface area contributed by atoms with E-state index in [0.29, 0.717) is 0 Å². The van der Waals surface area contributed by atoms with Crippen LogP contribution in [0.4, 0.5) is 22.0 Å². The Balaban J connectivity index is 2.19. The van der Waals surface area contributed by atoms with Gasteiger partial charge < -0.3 is 14.0 Å². The van der Waals surface area contributed by atoms with E-state index in [2.05, 4.69) is 0 Å². The van der Waals surface area contributed by atoms with E-state index in [1.807, 2.05) is 0 Å².